The van der Waals surface area contributed by atoms with Crippen LogP contribution in [0, 0.1) is 12.8 Å². The Bertz CT molecular complexity index is 801. The summed E-state index contributed by atoms with van der Waals surface area (Å²) in [7, 11) is 1.25. The number of aliphatic hydroxyl groups is 1. The number of ether oxygens (including phenoxy) is 1. The maximum atomic E-state index is 12.6. The summed E-state index contributed by atoms with van der Waals surface area (Å²) in [5, 5.41) is 15.0. The summed E-state index contributed by atoms with van der Waals surface area (Å²) in [4.78, 5) is 38.6. The molecule has 2 amide bonds. The Kier molecular flexibility index (Phi) is 7.17. The van der Waals surface area contributed by atoms with Crippen molar-refractivity contribution in [2.24, 2.45) is 5.92 Å². The van der Waals surface area contributed by atoms with Crippen LogP contribution in [0.4, 0.5) is 5.69 Å². The monoisotopic (exact) mass is 389 g/mol. The Hall–Kier alpha value is -2.87. The highest BCUT2D eigenvalue weighted by atomic mass is 16.5. The standard InChI is InChI=1S/C20H27N3O5/c1-12(2)10-21-18(25)14-6-5-7-16(13(14)3)22-17-15(20(27)28-4)11-23(8-9-24)19(17)26/h5-7,12,22,24H,8-11H2,1-4H3,(H,21,25). The van der Waals surface area contributed by atoms with Gasteiger partial charge in [0.1, 0.15) is 5.70 Å². The Morgan fingerprint density at radius 1 is 1.32 bits per heavy atom. The topological polar surface area (TPSA) is 108 Å². The number of carbonyl (C=O) groups excluding carboxylic acids is 3. The van der Waals surface area contributed by atoms with Crippen LogP contribution in [0.5, 0.6) is 0 Å². The number of hydrogen-bond acceptors (Lipinski definition) is 6. The van der Waals surface area contributed by atoms with E-state index in [2.05, 4.69) is 10.6 Å². The largest absolute Gasteiger partial charge is 0.466 e. The number of carbonyl (C=O) groups is 3. The molecule has 0 fully saturated rings. The van der Waals surface area contributed by atoms with E-state index < -0.39 is 11.9 Å². The number of amides is 2. The number of aliphatic hydroxyl groups excluding tert-OH is 1. The zero-order valence-corrected chi connectivity index (χ0v) is 16.7. The van der Waals surface area contributed by atoms with Gasteiger partial charge in [0.25, 0.3) is 11.8 Å². The molecule has 0 saturated heterocycles. The normalized spacial score (nSPS) is 13.9. The molecule has 0 aliphatic carbocycles. The SMILES string of the molecule is COC(=O)C1=C(Nc2cccc(C(=O)NCC(C)C)c2C)C(=O)N(CCO)C1. The second-order valence-corrected chi connectivity index (χ2v) is 7.00. The molecular formula is C20H27N3O5. The molecule has 8 heteroatoms. The van der Waals surface area contributed by atoms with Crippen LogP contribution in [0.1, 0.15) is 29.8 Å². The summed E-state index contributed by atoms with van der Waals surface area (Å²) in [6, 6.07) is 5.15. The van der Waals surface area contributed by atoms with Gasteiger partial charge in [0.2, 0.25) is 0 Å². The first-order valence-electron chi connectivity index (χ1n) is 9.16. The fourth-order valence-corrected chi connectivity index (χ4v) is 2.89. The van der Waals surface area contributed by atoms with Gasteiger partial charge < -0.3 is 25.4 Å². The molecule has 0 aromatic heterocycles. The number of methoxy groups -OCH3 is 1. The molecule has 0 spiro atoms. The van der Waals surface area contributed by atoms with E-state index in [1.807, 2.05) is 13.8 Å². The molecule has 0 atom stereocenters. The summed E-state index contributed by atoms with van der Waals surface area (Å²) in [6.07, 6.45) is 0. The predicted molar refractivity (Wildman–Crippen MR) is 105 cm³/mol. The van der Waals surface area contributed by atoms with E-state index in [0.717, 1.165) is 0 Å². The molecule has 28 heavy (non-hydrogen) atoms. The molecular weight excluding hydrogens is 362 g/mol. The van der Waals surface area contributed by atoms with Crippen molar-refractivity contribution in [1.29, 1.82) is 0 Å². The van der Waals surface area contributed by atoms with Crippen molar-refractivity contribution in [1.82, 2.24) is 10.2 Å². The smallest absolute Gasteiger partial charge is 0.337 e. The van der Waals surface area contributed by atoms with Gasteiger partial charge in [-0.05, 0) is 30.5 Å². The molecule has 1 aliphatic heterocycles. The molecule has 8 nitrogen and oxygen atoms in total. The number of rotatable bonds is 8. The van der Waals surface area contributed by atoms with E-state index in [-0.39, 0.29) is 36.9 Å². The van der Waals surface area contributed by atoms with E-state index in [0.29, 0.717) is 29.3 Å². The van der Waals surface area contributed by atoms with E-state index in [1.54, 1.807) is 25.1 Å². The van der Waals surface area contributed by atoms with Crippen LogP contribution in [0.3, 0.4) is 0 Å². The van der Waals surface area contributed by atoms with Gasteiger partial charge in [-0.1, -0.05) is 19.9 Å². The first kappa shape index (κ1) is 21.4. The molecule has 1 aromatic rings. The van der Waals surface area contributed by atoms with Crippen LogP contribution in [0.25, 0.3) is 0 Å². The van der Waals surface area contributed by atoms with Crippen molar-refractivity contribution in [2.75, 3.05) is 38.7 Å². The van der Waals surface area contributed by atoms with Crippen molar-refractivity contribution in [3.8, 4) is 0 Å². The summed E-state index contributed by atoms with van der Waals surface area (Å²) in [5.74, 6) is -0.882. The highest BCUT2D eigenvalue weighted by Crippen LogP contribution is 2.26. The van der Waals surface area contributed by atoms with E-state index in [4.69, 9.17) is 9.84 Å². The van der Waals surface area contributed by atoms with Crippen molar-refractivity contribution in [2.45, 2.75) is 20.8 Å². The quantitative estimate of drug-likeness (QED) is 0.574. The minimum atomic E-state index is -0.611. The van der Waals surface area contributed by atoms with Gasteiger partial charge in [0.05, 0.1) is 25.8 Å². The number of benzene rings is 1. The first-order valence-corrected chi connectivity index (χ1v) is 9.16. The number of hydrogen-bond donors (Lipinski definition) is 3. The summed E-state index contributed by atoms with van der Waals surface area (Å²) < 4.78 is 4.78. The van der Waals surface area contributed by atoms with Gasteiger partial charge in [0.15, 0.2) is 0 Å². The van der Waals surface area contributed by atoms with Crippen LogP contribution in [0.2, 0.25) is 0 Å². The lowest BCUT2D eigenvalue weighted by Gasteiger charge is -2.16. The van der Waals surface area contributed by atoms with Crippen LogP contribution >= 0.6 is 0 Å². The minimum Gasteiger partial charge on any atom is -0.466 e. The van der Waals surface area contributed by atoms with Crippen LogP contribution in [-0.2, 0) is 14.3 Å². The van der Waals surface area contributed by atoms with Crippen LogP contribution in [0.15, 0.2) is 29.5 Å². The Morgan fingerprint density at radius 2 is 2.04 bits per heavy atom. The third kappa shape index (κ3) is 4.69. The predicted octanol–water partition coefficient (Wildman–Crippen LogP) is 1.05. The molecule has 1 aromatic carbocycles. The van der Waals surface area contributed by atoms with E-state index >= 15 is 0 Å². The maximum absolute atomic E-state index is 12.6. The number of nitrogens with zero attached hydrogens (tertiary/aromatic N) is 1. The van der Waals surface area contributed by atoms with Crippen molar-refractivity contribution in [3.63, 3.8) is 0 Å². The van der Waals surface area contributed by atoms with E-state index in [1.165, 1.54) is 12.0 Å². The lowest BCUT2D eigenvalue weighted by molar-refractivity contribution is -0.136. The third-order valence-corrected chi connectivity index (χ3v) is 4.46. The van der Waals surface area contributed by atoms with E-state index in [9.17, 15) is 14.4 Å². The zero-order valence-electron chi connectivity index (χ0n) is 16.7. The highest BCUT2D eigenvalue weighted by molar-refractivity contribution is 6.09. The van der Waals surface area contributed by atoms with Gasteiger partial charge >= 0.3 is 5.97 Å². The number of β-amino-alcohol motifs (C(OH)–C–C–N with tert-alkyl or cyclic N) is 1. The van der Waals surface area contributed by atoms with Crippen molar-refractivity contribution >= 4 is 23.5 Å². The molecule has 1 aliphatic rings. The first-order chi connectivity index (χ1) is 13.3. The van der Waals surface area contributed by atoms with Crippen molar-refractivity contribution in [3.05, 3.63) is 40.6 Å². The number of esters is 1. The Labute approximate surface area is 164 Å². The summed E-state index contributed by atoms with van der Waals surface area (Å²) in [5.41, 5.74) is 1.99. The fourth-order valence-electron chi connectivity index (χ4n) is 2.89. The lowest BCUT2D eigenvalue weighted by Crippen LogP contribution is -2.31. The zero-order chi connectivity index (χ0) is 20.8. The Balaban J connectivity index is 2.32. The number of anilines is 1. The van der Waals surface area contributed by atoms with Crippen LogP contribution < -0.4 is 10.6 Å². The summed E-state index contributed by atoms with van der Waals surface area (Å²) >= 11 is 0. The fraction of sp³-hybridized carbons (Fsp3) is 0.450. The van der Waals surface area contributed by atoms with Gasteiger partial charge in [-0.15, -0.1) is 0 Å². The second-order valence-electron chi connectivity index (χ2n) is 7.00. The molecule has 0 saturated carbocycles. The highest BCUT2D eigenvalue weighted by Gasteiger charge is 2.34. The van der Waals surface area contributed by atoms with Gasteiger partial charge in [-0.2, -0.15) is 0 Å². The molecule has 1 heterocycles. The molecule has 0 bridgehead atoms. The molecule has 3 N–H and O–H groups in total. The summed E-state index contributed by atoms with van der Waals surface area (Å²) in [6.45, 7) is 6.31. The van der Waals surface area contributed by atoms with Gasteiger partial charge in [0, 0.05) is 24.3 Å². The molecule has 152 valence electrons. The van der Waals surface area contributed by atoms with Gasteiger partial charge in [-0.25, -0.2) is 4.79 Å². The minimum absolute atomic E-state index is 0.0576. The second kappa shape index (κ2) is 9.36. The van der Waals surface area contributed by atoms with Gasteiger partial charge in [-0.3, -0.25) is 9.59 Å². The van der Waals surface area contributed by atoms with Crippen LogP contribution in [-0.4, -0.2) is 61.1 Å². The van der Waals surface area contributed by atoms with Crippen molar-refractivity contribution < 1.29 is 24.2 Å². The number of nitrogens with one attached hydrogen (secondary N) is 2. The third-order valence-electron chi connectivity index (χ3n) is 4.46. The maximum Gasteiger partial charge on any atom is 0.337 e. The Morgan fingerprint density at radius 3 is 2.64 bits per heavy atom. The molecule has 2 rings (SSSR count). The average Bonchev–Trinajstić information content (AvgIpc) is 2.97. The average molecular weight is 389 g/mol. The lowest BCUT2D eigenvalue weighted by atomic mass is 10.0. The molecule has 0 radical (unpaired) electrons. The molecule has 0 unspecified atom stereocenters.